The van der Waals surface area contributed by atoms with Crippen molar-refractivity contribution in [3.8, 4) is 0 Å². The normalized spacial score (nSPS) is 25.4. The van der Waals surface area contributed by atoms with E-state index in [0.717, 1.165) is 36.6 Å². The van der Waals surface area contributed by atoms with Crippen molar-refractivity contribution in [2.24, 2.45) is 17.8 Å². The van der Waals surface area contributed by atoms with E-state index in [1.165, 1.54) is 11.6 Å². The molecular weight excluding hydrogens is 430 g/mol. The Balaban J connectivity index is 1.21. The molecule has 0 spiro atoms. The molecule has 0 aliphatic heterocycles. The van der Waals surface area contributed by atoms with Gasteiger partial charge in [0.1, 0.15) is 22.7 Å². The van der Waals surface area contributed by atoms with Gasteiger partial charge in [-0.15, -0.1) is 0 Å². The Kier molecular flexibility index (Phi) is 4.71. The molecule has 0 saturated heterocycles. The second-order valence-electron chi connectivity index (χ2n) is 9.79. The van der Waals surface area contributed by atoms with Gasteiger partial charge in [-0.05, 0) is 79.2 Å². The van der Waals surface area contributed by atoms with Crippen molar-refractivity contribution in [1.82, 2.24) is 15.0 Å². The van der Waals surface area contributed by atoms with E-state index in [1.54, 1.807) is 12.1 Å². The molecule has 0 amide bonds. The van der Waals surface area contributed by atoms with Crippen LogP contribution in [0.5, 0.6) is 0 Å². The first-order chi connectivity index (χ1) is 15.9. The van der Waals surface area contributed by atoms with Crippen LogP contribution in [-0.2, 0) is 0 Å². The summed E-state index contributed by atoms with van der Waals surface area (Å²) in [7, 11) is 0. The van der Waals surface area contributed by atoms with Crippen molar-refractivity contribution < 1.29 is 17.6 Å². The van der Waals surface area contributed by atoms with E-state index >= 15 is 0 Å². The molecule has 2 aliphatic rings. The molecule has 2 heterocycles. The van der Waals surface area contributed by atoms with Crippen molar-refractivity contribution in [3.63, 3.8) is 0 Å². The van der Waals surface area contributed by atoms with E-state index in [4.69, 9.17) is 0 Å². The topological polar surface area (TPSA) is 41.6 Å². The van der Waals surface area contributed by atoms with Crippen LogP contribution in [0.1, 0.15) is 55.8 Å². The Morgan fingerprint density at radius 1 is 1.00 bits per heavy atom. The molecule has 1 N–H and O–H groups in total. The maximum atomic E-state index is 14.1. The largest absolute Gasteiger partial charge is 0.339 e. The number of rotatable bonds is 4. The predicted octanol–water partition coefficient (Wildman–Crippen LogP) is 6.99. The summed E-state index contributed by atoms with van der Waals surface area (Å²) in [5, 5.41) is 0.901. The molecule has 2 bridgehead atoms. The van der Waals surface area contributed by atoms with Gasteiger partial charge >= 0.3 is 0 Å². The summed E-state index contributed by atoms with van der Waals surface area (Å²) < 4.78 is 55.6. The van der Waals surface area contributed by atoms with Crippen LogP contribution in [-0.4, -0.2) is 15.0 Å². The summed E-state index contributed by atoms with van der Waals surface area (Å²) in [4.78, 5) is 11.5. The zero-order valence-corrected chi connectivity index (χ0v) is 18.1. The number of H-pyrrole nitrogens is 1. The Morgan fingerprint density at radius 3 is 2.64 bits per heavy atom. The van der Waals surface area contributed by atoms with Gasteiger partial charge in [-0.25, -0.2) is 22.5 Å². The van der Waals surface area contributed by atoms with Crippen LogP contribution in [0.15, 0.2) is 36.5 Å². The highest BCUT2D eigenvalue weighted by molar-refractivity contribution is 5.82. The Bertz CT molecular complexity index is 1380. The molecule has 2 aromatic carbocycles. The quantitative estimate of drug-likeness (QED) is 0.267. The maximum Gasteiger partial charge on any atom is 0.186 e. The molecule has 2 aliphatic carbocycles. The van der Waals surface area contributed by atoms with Crippen molar-refractivity contribution in [2.45, 2.75) is 44.4 Å². The van der Waals surface area contributed by atoms with Gasteiger partial charge in [-0.2, -0.15) is 0 Å². The van der Waals surface area contributed by atoms with E-state index in [1.807, 2.05) is 19.2 Å². The minimum atomic E-state index is -1.23. The number of imidazole rings is 1. The lowest BCUT2D eigenvalue weighted by atomic mass is 9.75. The molecule has 4 unspecified atom stereocenters. The van der Waals surface area contributed by atoms with Gasteiger partial charge in [0.15, 0.2) is 17.5 Å². The molecule has 6 rings (SSSR count). The maximum absolute atomic E-state index is 14.1. The predicted molar refractivity (Wildman–Crippen MR) is 118 cm³/mol. The zero-order chi connectivity index (χ0) is 22.9. The number of aromatic amines is 1. The van der Waals surface area contributed by atoms with E-state index < -0.39 is 17.5 Å². The molecular formula is C26H23F4N3. The summed E-state index contributed by atoms with van der Waals surface area (Å²) in [5.41, 5.74) is 1.64. The third-order valence-corrected chi connectivity index (χ3v) is 7.90. The molecule has 170 valence electrons. The van der Waals surface area contributed by atoms with Gasteiger partial charge in [0.2, 0.25) is 0 Å². The number of halogens is 4. The number of hydrogen-bond acceptors (Lipinski definition) is 2. The smallest absolute Gasteiger partial charge is 0.186 e. The van der Waals surface area contributed by atoms with Crippen LogP contribution in [0.4, 0.5) is 17.6 Å². The first-order valence-electron chi connectivity index (χ1n) is 11.5. The monoisotopic (exact) mass is 453 g/mol. The third-order valence-electron chi connectivity index (χ3n) is 7.90. The lowest BCUT2D eigenvalue weighted by Crippen LogP contribution is -2.19. The average molecular weight is 453 g/mol. The molecule has 3 nitrogen and oxygen atoms in total. The number of nitrogens with zero attached hydrogens (tertiary/aromatic N) is 2. The van der Waals surface area contributed by atoms with Crippen LogP contribution in [0.25, 0.3) is 21.9 Å². The van der Waals surface area contributed by atoms with Crippen molar-refractivity contribution >= 4 is 21.9 Å². The van der Waals surface area contributed by atoms with Crippen LogP contribution in [0.2, 0.25) is 0 Å². The number of fused-ring (bicyclic) bond motifs is 4. The summed E-state index contributed by atoms with van der Waals surface area (Å²) in [6, 6.07) is 7.35. The fraction of sp³-hybridized carbons (Fsp3) is 0.385. The summed E-state index contributed by atoms with van der Waals surface area (Å²) in [6.07, 6.45) is 5.91. The van der Waals surface area contributed by atoms with E-state index in [2.05, 4.69) is 15.0 Å². The fourth-order valence-electron chi connectivity index (χ4n) is 6.41. The van der Waals surface area contributed by atoms with E-state index in [0.29, 0.717) is 35.6 Å². The Labute approximate surface area is 188 Å². The number of benzene rings is 2. The summed E-state index contributed by atoms with van der Waals surface area (Å²) in [5.74, 6) is -1.00. The number of nitrogens with one attached hydrogen (secondary N) is 1. The highest BCUT2D eigenvalue weighted by Crippen LogP contribution is 2.58. The fourth-order valence-corrected chi connectivity index (χ4v) is 6.41. The molecule has 7 heteroatoms. The van der Waals surface area contributed by atoms with Crippen LogP contribution >= 0.6 is 0 Å². The molecule has 2 fully saturated rings. The summed E-state index contributed by atoms with van der Waals surface area (Å²) in [6.45, 7) is 1.99. The lowest BCUT2D eigenvalue weighted by Gasteiger charge is -2.30. The third kappa shape index (κ3) is 3.31. The minimum Gasteiger partial charge on any atom is -0.339 e. The van der Waals surface area contributed by atoms with Gasteiger partial charge in [-0.1, -0.05) is 6.92 Å². The number of hydrogen-bond donors (Lipinski definition) is 1. The van der Waals surface area contributed by atoms with Gasteiger partial charge < -0.3 is 4.98 Å². The van der Waals surface area contributed by atoms with Gasteiger partial charge in [0.05, 0.1) is 5.52 Å². The van der Waals surface area contributed by atoms with Crippen molar-refractivity contribution in [2.75, 3.05) is 0 Å². The summed E-state index contributed by atoms with van der Waals surface area (Å²) >= 11 is 0. The molecule has 4 aromatic rings. The number of aromatic nitrogens is 3. The minimum absolute atomic E-state index is 0.0297. The Morgan fingerprint density at radius 2 is 1.85 bits per heavy atom. The second-order valence-corrected chi connectivity index (χ2v) is 9.79. The van der Waals surface area contributed by atoms with Gasteiger partial charge in [0, 0.05) is 23.6 Å². The average Bonchev–Trinajstić information content (AvgIpc) is 3.51. The highest BCUT2D eigenvalue weighted by atomic mass is 19.2. The zero-order valence-electron chi connectivity index (χ0n) is 18.1. The SMILES string of the molecule is C[C@H](CC1CC2CC1CC2c1ccnc2ccc(F)cc12)c1nc2c(F)c(F)cc(F)c2[nH]1. The van der Waals surface area contributed by atoms with Crippen LogP contribution in [0.3, 0.4) is 0 Å². The van der Waals surface area contributed by atoms with Crippen molar-refractivity contribution in [3.05, 3.63) is 71.2 Å². The van der Waals surface area contributed by atoms with Gasteiger partial charge in [0.25, 0.3) is 0 Å². The van der Waals surface area contributed by atoms with Crippen LogP contribution < -0.4 is 0 Å². The van der Waals surface area contributed by atoms with E-state index in [9.17, 15) is 17.6 Å². The van der Waals surface area contributed by atoms with E-state index in [-0.39, 0.29) is 22.8 Å². The lowest BCUT2D eigenvalue weighted by molar-refractivity contribution is 0.276. The van der Waals surface area contributed by atoms with Crippen LogP contribution in [0, 0.1) is 41.0 Å². The first-order valence-corrected chi connectivity index (χ1v) is 11.5. The molecule has 2 aromatic heterocycles. The Hall–Kier alpha value is -2.96. The first kappa shape index (κ1) is 20.6. The standard InChI is InChI=1S/C26H23F4N3/c1-12(26-32-24-21(29)11-20(28)23(30)25(24)33-26)6-13-7-15-8-14(13)9-18(15)17-4-5-31-22-3-2-16(27)10-19(17)22/h2-5,10-15,18H,6-9H2,1H3,(H,32,33)/t12-,13?,14?,15?,18?/m1/s1. The second kappa shape index (κ2) is 7.54. The van der Waals surface area contributed by atoms with Crippen molar-refractivity contribution in [1.29, 1.82) is 0 Å². The molecule has 2 saturated carbocycles. The highest BCUT2D eigenvalue weighted by Gasteiger charge is 2.46. The molecule has 5 atom stereocenters. The molecule has 0 radical (unpaired) electrons. The number of pyridine rings is 1. The van der Waals surface area contributed by atoms with Gasteiger partial charge in [-0.3, -0.25) is 4.98 Å². The molecule has 33 heavy (non-hydrogen) atoms.